The summed E-state index contributed by atoms with van der Waals surface area (Å²) in [7, 11) is 3.42. The monoisotopic (exact) mass is 432 g/mol. The first-order chi connectivity index (χ1) is 14.6. The number of nitrogens with one attached hydrogen (secondary N) is 2. The highest BCUT2D eigenvalue weighted by atomic mass is 32.1. The number of rotatable bonds is 8. The second-order valence-electron chi connectivity index (χ2n) is 6.99. The number of benzene rings is 1. The van der Waals surface area contributed by atoms with E-state index in [2.05, 4.69) is 39.6 Å². The Morgan fingerprint density at radius 2 is 2.03 bits per heavy atom. The highest BCUT2D eigenvalue weighted by Crippen LogP contribution is 2.30. The molecule has 0 bridgehead atoms. The van der Waals surface area contributed by atoms with Crippen LogP contribution in [0, 0.1) is 6.92 Å². The number of guanidine groups is 1. The van der Waals surface area contributed by atoms with E-state index >= 15 is 0 Å². The molecular weight excluding hydrogens is 400 g/mol. The molecule has 0 spiro atoms. The number of ether oxygens (including phenoxy) is 3. The Morgan fingerprint density at radius 3 is 2.67 bits per heavy atom. The summed E-state index contributed by atoms with van der Waals surface area (Å²) in [5, 5.41) is 6.85. The summed E-state index contributed by atoms with van der Waals surface area (Å²) in [5.41, 5.74) is 0.891. The summed E-state index contributed by atoms with van der Waals surface area (Å²) < 4.78 is 16.6. The molecule has 1 saturated heterocycles. The molecule has 2 heterocycles. The number of hydrogen-bond acceptors (Lipinski definition) is 6. The van der Waals surface area contributed by atoms with Crippen LogP contribution in [0.4, 0.5) is 5.69 Å². The molecule has 1 aromatic heterocycles. The molecule has 1 aliphatic rings. The molecule has 0 saturated carbocycles. The van der Waals surface area contributed by atoms with Crippen molar-refractivity contribution in [2.75, 3.05) is 58.9 Å². The SMILES string of the molecule is CCOc1cc(NC(=NC)NCC(c2ccc(C)s2)N2CCOCC2)ccc1OC. The van der Waals surface area contributed by atoms with Crippen molar-refractivity contribution in [1.29, 1.82) is 0 Å². The molecule has 1 aromatic carbocycles. The van der Waals surface area contributed by atoms with Crippen molar-refractivity contribution in [3.8, 4) is 11.5 Å². The molecule has 1 unspecified atom stereocenters. The first-order valence-corrected chi connectivity index (χ1v) is 11.1. The maximum atomic E-state index is 5.68. The molecule has 0 radical (unpaired) electrons. The van der Waals surface area contributed by atoms with Gasteiger partial charge in [0.25, 0.3) is 0 Å². The maximum absolute atomic E-state index is 5.68. The highest BCUT2D eigenvalue weighted by Gasteiger charge is 2.24. The Kier molecular flexibility index (Phi) is 8.36. The summed E-state index contributed by atoms with van der Waals surface area (Å²) in [6.45, 7) is 8.87. The van der Waals surface area contributed by atoms with Crippen LogP contribution in [-0.2, 0) is 4.74 Å². The molecule has 1 atom stereocenters. The van der Waals surface area contributed by atoms with Crippen molar-refractivity contribution >= 4 is 23.0 Å². The Labute approximate surface area is 183 Å². The van der Waals surface area contributed by atoms with Crippen molar-refractivity contribution in [2.24, 2.45) is 4.99 Å². The van der Waals surface area contributed by atoms with Gasteiger partial charge in [0.15, 0.2) is 17.5 Å². The molecular formula is C22H32N4O3S. The summed E-state index contributed by atoms with van der Waals surface area (Å²) in [6.07, 6.45) is 0. The fraction of sp³-hybridized carbons (Fsp3) is 0.500. The van der Waals surface area contributed by atoms with E-state index in [1.54, 1.807) is 14.2 Å². The number of morpholine rings is 1. The van der Waals surface area contributed by atoms with Crippen LogP contribution in [-0.4, -0.2) is 64.5 Å². The fourth-order valence-electron chi connectivity index (χ4n) is 3.46. The van der Waals surface area contributed by atoms with E-state index in [1.807, 2.05) is 36.5 Å². The molecule has 7 nitrogen and oxygen atoms in total. The number of aliphatic imine (C=N–C) groups is 1. The molecule has 0 aliphatic carbocycles. The molecule has 164 valence electrons. The summed E-state index contributed by atoms with van der Waals surface area (Å²) in [5.74, 6) is 2.14. The van der Waals surface area contributed by atoms with Gasteiger partial charge in [-0.3, -0.25) is 9.89 Å². The average molecular weight is 433 g/mol. The third-order valence-electron chi connectivity index (χ3n) is 4.99. The minimum Gasteiger partial charge on any atom is -0.493 e. The molecule has 2 N–H and O–H groups in total. The lowest BCUT2D eigenvalue weighted by atomic mass is 10.2. The zero-order valence-corrected chi connectivity index (χ0v) is 19.1. The van der Waals surface area contributed by atoms with Crippen LogP contribution in [0.25, 0.3) is 0 Å². The van der Waals surface area contributed by atoms with E-state index in [0.29, 0.717) is 24.1 Å². The van der Waals surface area contributed by atoms with Crippen LogP contribution in [0.1, 0.15) is 22.7 Å². The third kappa shape index (κ3) is 5.87. The average Bonchev–Trinajstić information content (AvgIpc) is 3.20. The van der Waals surface area contributed by atoms with Gasteiger partial charge >= 0.3 is 0 Å². The largest absolute Gasteiger partial charge is 0.493 e. The number of aryl methyl sites for hydroxylation is 1. The van der Waals surface area contributed by atoms with Gasteiger partial charge in [-0.2, -0.15) is 0 Å². The first kappa shape index (κ1) is 22.4. The van der Waals surface area contributed by atoms with Crippen LogP contribution in [0.15, 0.2) is 35.3 Å². The Hall–Kier alpha value is -2.29. The van der Waals surface area contributed by atoms with Gasteiger partial charge in [0.1, 0.15) is 0 Å². The first-order valence-electron chi connectivity index (χ1n) is 10.3. The van der Waals surface area contributed by atoms with Crippen molar-refractivity contribution in [2.45, 2.75) is 19.9 Å². The second-order valence-corrected chi connectivity index (χ2v) is 8.31. The van der Waals surface area contributed by atoms with Gasteiger partial charge in [-0.15, -0.1) is 11.3 Å². The van der Waals surface area contributed by atoms with E-state index in [4.69, 9.17) is 14.2 Å². The standard InChI is InChI=1S/C22H32N4O3S/c1-5-29-20-14-17(7-8-19(20)27-4)25-22(23-3)24-15-18(21-9-6-16(2)30-21)26-10-12-28-13-11-26/h6-9,14,18H,5,10-13,15H2,1-4H3,(H2,23,24,25). The summed E-state index contributed by atoms with van der Waals surface area (Å²) >= 11 is 1.85. The number of thiophene rings is 1. The van der Waals surface area contributed by atoms with Crippen LogP contribution in [0.5, 0.6) is 11.5 Å². The Balaban J connectivity index is 1.68. The quantitative estimate of drug-likeness (QED) is 0.491. The van der Waals surface area contributed by atoms with E-state index in [0.717, 1.165) is 38.5 Å². The van der Waals surface area contributed by atoms with Gasteiger partial charge in [-0.05, 0) is 38.1 Å². The predicted octanol–water partition coefficient (Wildman–Crippen LogP) is 3.52. The van der Waals surface area contributed by atoms with Crippen molar-refractivity contribution < 1.29 is 14.2 Å². The van der Waals surface area contributed by atoms with Gasteiger partial charge in [0.2, 0.25) is 0 Å². The van der Waals surface area contributed by atoms with E-state index in [-0.39, 0.29) is 6.04 Å². The van der Waals surface area contributed by atoms with Crippen LogP contribution >= 0.6 is 11.3 Å². The van der Waals surface area contributed by atoms with E-state index < -0.39 is 0 Å². The molecule has 3 rings (SSSR count). The van der Waals surface area contributed by atoms with Crippen LogP contribution in [0.3, 0.4) is 0 Å². The number of nitrogens with zero attached hydrogens (tertiary/aromatic N) is 2. The van der Waals surface area contributed by atoms with Crippen LogP contribution < -0.4 is 20.1 Å². The number of anilines is 1. The molecule has 1 fully saturated rings. The third-order valence-corrected chi connectivity index (χ3v) is 6.09. The molecule has 8 heteroatoms. The maximum Gasteiger partial charge on any atom is 0.195 e. The zero-order valence-electron chi connectivity index (χ0n) is 18.2. The van der Waals surface area contributed by atoms with Gasteiger partial charge in [-0.25, -0.2) is 0 Å². The lowest BCUT2D eigenvalue weighted by Gasteiger charge is -2.34. The van der Waals surface area contributed by atoms with Gasteiger partial charge < -0.3 is 24.8 Å². The second kappa shape index (κ2) is 11.2. The smallest absolute Gasteiger partial charge is 0.195 e. The summed E-state index contributed by atoms with van der Waals surface area (Å²) in [4.78, 5) is 9.57. The number of hydrogen-bond donors (Lipinski definition) is 2. The molecule has 30 heavy (non-hydrogen) atoms. The van der Waals surface area contributed by atoms with Gasteiger partial charge in [-0.1, -0.05) is 0 Å². The minimum atomic E-state index is 0.279. The predicted molar refractivity (Wildman–Crippen MR) is 123 cm³/mol. The van der Waals surface area contributed by atoms with Gasteiger partial charge in [0.05, 0.1) is 33.0 Å². The normalized spacial score (nSPS) is 16.2. The number of methoxy groups -OCH3 is 1. The van der Waals surface area contributed by atoms with E-state index in [1.165, 1.54) is 9.75 Å². The fourth-order valence-corrected chi connectivity index (χ4v) is 4.48. The highest BCUT2D eigenvalue weighted by molar-refractivity contribution is 7.12. The molecule has 2 aromatic rings. The Bertz CT molecular complexity index is 834. The minimum absolute atomic E-state index is 0.279. The zero-order chi connectivity index (χ0) is 21.3. The summed E-state index contributed by atoms with van der Waals surface area (Å²) in [6, 6.07) is 10.5. The van der Waals surface area contributed by atoms with Gasteiger partial charge in [0, 0.05) is 48.2 Å². The topological polar surface area (TPSA) is 67.4 Å². The lowest BCUT2D eigenvalue weighted by molar-refractivity contribution is 0.0177. The molecule has 1 aliphatic heterocycles. The van der Waals surface area contributed by atoms with Crippen molar-refractivity contribution in [3.63, 3.8) is 0 Å². The Morgan fingerprint density at radius 1 is 1.23 bits per heavy atom. The van der Waals surface area contributed by atoms with E-state index in [9.17, 15) is 0 Å². The van der Waals surface area contributed by atoms with Crippen LogP contribution in [0.2, 0.25) is 0 Å². The lowest BCUT2D eigenvalue weighted by Crippen LogP contribution is -2.44. The van der Waals surface area contributed by atoms with Crippen molar-refractivity contribution in [3.05, 3.63) is 40.1 Å². The van der Waals surface area contributed by atoms with Crippen molar-refractivity contribution in [1.82, 2.24) is 10.2 Å². The molecule has 0 amide bonds.